The number of aliphatic imine (C=N–C) groups is 1. The number of aromatic nitrogens is 2. The lowest BCUT2D eigenvalue weighted by atomic mass is 10.1. The van der Waals surface area contributed by atoms with Crippen molar-refractivity contribution in [2.75, 3.05) is 26.7 Å². The molecule has 2 aromatic rings. The van der Waals surface area contributed by atoms with E-state index in [1.807, 2.05) is 43.5 Å². The highest BCUT2D eigenvalue weighted by atomic mass is 127. The number of likely N-dealkylation sites (tertiary alicyclic amines) is 1. The lowest BCUT2D eigenvalue weighted by Gasteiger charge is -2.32. The number of guanidine groups is 1. The number of carbonyl (C=O) groups excluding carboxylic acids is 1. The van der Waals surface area contributed by atoms with Crippen LogP contribution < -0.4 is 10.6 Å². The predicted octanol–water partition coefficient (Wildman–Crippen LogP) is 2.98. The molecule has 1 saturated heterocycles. The second-order valence-corrected chi connectivity index (χ2v) is 6.64. The molecule has 2 heterocycles. The minimum Gasteiger partial charge on any atom is -0.450 e. The zero-order valence-electron chi connectivity index (χ0n) is 16.9. The number of aromatic amines is 1. The Morgan fingerprint density at radius 2 is 2.03 bits per heavy atom. The highest BCUT2D eigenvalue weighted by Crippen LogP contribution is 2.16. The normalized spacial score (nSPS) is 14.8. The van der Waals surface area contributed by atoms with Crippen molar-refractivity contribution in [2.24, 2.45) is 4.99 Å². The SMILES string of the molecule is CCOC(=O)N1CCC(NC(=NC)NCc2ncc(-c3ccccc3)[nH]2)CC1.I. The number of piperidine rings is 1. The summed E-state index contributed by atoms with van der Waals surface area (Å²) in [7, 11) is 1.75. The van der Waals surface area contributed by atoms with Crippen molar-refractivity contribution < 1.29 is 9.53 Å². The van der Waals surface area contributed by atoms with Crippen molar-refractivity contribution in [3.05, 3.63) is 42.4 Å². The first kappa shape index (κ1) is 23.0. The third-order valence-electron chi connectivity index (χ3n) is 4.72. The zero-order valence-corrected chi connectivity index (χ0v) is 19.2. The van der Waals surface area contributed by atoms with E-state index >= 15 is 0 Å². The molecule has 158 valence electrons. The van der Waals surface area contributed by atoms with Gasteiger partial charge in [-0.3, -0.25) is 4.99 Å². The number of hydrogen-bond donors (Lipinski definition) is 3. The van der Waals surface area contributed by atoms with Crippen LogP contribution in [0.3, 0.4) is 0 Å². The van der Waals surface area contributed by atoms with Gasteiger partial charge in [-0.25, -0.2) is 9.78 Å². The molecule has 3 N–H and O–H groups in total. The first-order valence-corrected chi connectivity index (χ1v) is 9.67. The largest absolute Gasteiger partial charge is 0.450 e. The van der Waals surface area contributed by atoms with Gasteiger partial charge >= 0.3 is 6.09 Å². The smallest absolute Gasteiger partial charge is 0.409 e. The first-order valence-electron chi connectivity index (χ1n) is 9.67. The third-order valence-corrected chi connectivity index (χ3v) is 4.72. The van der Waals surface area contributed by atoms with E-state index in [1.54, 1.807) is 11.9 Å². The maximum absolute atomic E-state index is 11.8. The van der Waals surface area contributed by atoms with E-state index in [2.05, 4.69) is 25.6 Å². The zero-order chi connectivity index (χ0) is 19.8. The number of rotatable bonds is 5. The monoisotopic (exact) mass is 512 g/mol. The third kappa shape index (κ3) is 6.62. The number of carbonyl (C=O) groups is 1. The summed E-state index contributed by atoms with van der Waals surface area (Å²) in [6, 6.07) is 10.4. The molecule has 9 heteroatoms. The summed E-state index contributed by atoms with van der Waals surface area (Å²) in [4.78, 5) is 25.6. The van der Waals surface area contributed by atoms with Gasteiger partial charge in [-0.15, -0.1) is 24.0 Å². The van der Waals surface area contributed by atoms with Crippen LogP contribution in [-0.2, 0) is 11.3 Å². The number of nitrogens with zero attached hydrogens (tertiary/aromatic N) is 3. The molecule has 0 unspecified atom stereocenters. The van der Waals surface area contributed by atoms with Gasteiger partial charge in [-0.05, 0) is 25.3 Å². The van der Waals surface area contributed by atoms with Crippen LogP contribution >= 0.6 is 24.0 Å². The molecule has 1 fully saturated rings. The Morgan fingerprint density at radius 3 is 2.69 bits per heavy atom. The van der Waals surface area contributed by atoms with E-state index in [1.165, 1.54) is 0 Å². The van der Waals surface area contributed by atoms with Crippen molar-refractivity contribution in [1.29, 1.82) is 0 Å². The fourth-order valence-corrected chi connectivity index (χ4v) is 3.19. The van der Waals surface area contributed by atoms with E-state index in [-0.39, 0.29) is 36.1 Å². The average Bonchev–Trinajstić information content (AvgIpc) is 3.21. The minimum absolute atomic E-state index is 0. The lowest BCUT2D eigenvalue weighted by Crippen LogP contribution is -2.49. The van der Waals surface area contributed by atoms with Gasteiger partial charge in [-0.1, -0.05) is 30.3 Å². The van der Waals surface area contributed by atoms with Crippen molar-refractivity contribution in [3.63, 3.8) is 0 Å². The first-order chi connectivity index (χ1) is 13.7. The van der Waals surface area contributed by atoms with Crippen LogP contribution in [0.4, 0.5) is 4.79 Å². The van der Waals surface area contributed by atoms with E-state index in [0.717, 1.165) is 35.9 Å². The van der Waals surface area contributed by atoms with Crippen LogP contribution in [0.5, 0.6) is 0 Å². The molecule has 0 atom stereocenters. The molecule has 3 rings (SSSR count). The average molecular weight is 512 g/mol. The number of benzene rings is 1. The highest BCUT2D eigenvalue weighted by Gasteiger charge is 2.24. The molecule has 0 saturated carbocycles. The quantitative estimate of drug-likeness (QED) is 0.326. The van der Waals surface area contributed by atoms with Gasteiger partial charge in [0.1, 0.15) is 5.82 Å². The van der Waals surface area contributed by atoms with Gasteiger partial charge in [0.15, 0.2) is 5.96 Å². The van der Waals surface area contributed by atoms with E-state index in [0.29, 0.717) is 26.2 Å². The maximum Gasteiger partial charge on any atom is 0.409 e. The number of hydrogen-bond acceptors (Lipinski definition) is 4. The summed E-state index contributed by atoms with van der Waals surface area (Å²) in [6.07, 6.45) is 3.33. The van der Waals surface area contributed by atoms with Gasteiger partial charge in [0.25, 0.3) is 0 Å². The summed E-state index contributed by atoms with van der Waals surface area (Å²) in [5.74, 6) is 1.58. The molecule has 1 aliphatic rings. The highest BCUT2D eigenvalue weighted by molar-refractivity contribution is 14.0. The maximum atomic E-state index is 11.8. The fraction of sp³-hybridized carbons (Fsp3) is 0.450. The molecule has 1 aliphatic heterocycles. The van der Waals surface area contributed by atoms with E-state index in [9.17, 15) is 4.79 Å². The van der Waals surface area contributed by atoms with Crippen molar-refractivity contribution in [1.82, 2.24) is 25.5 Å². The van der Waals surface area contributed by atoms with E-state index in [4.69, 9.17) is 4.74 Å². The molecular weight excluding hydrogens is 483 g/mol. The number of imidazole rings is 1. The Balaban J connectivity index is 0.00000300. The van der Waals surface area contributed by atoms with Gasteiger partial charge in [0, 0.05) is 26.2 Å². The summed E-state index contributed by atoms with van der Waals surface area (Å²) in [6.45, 7) is 4.16. The molecule has 0 bridgehead atoms. The van der Waals surface area contributed by atoms with Crippen LogP contribution in [0.2, 0.25) is 0 Å². The van der Waals surface area contributed by atoms with Crippen LogP contribution in [-0.4, -0.2) is 59.7 Å². The van der Waals surface area contributed by atoms with Gasteiger partial charge in [-0.2, -0.15) is 0 Å². The molecule has 1 amide bonds. The minimum atomic E-state index is -0.226. The Labute approximate surface area is 188 Å². The lowest BCUT2D eigenvalue weighted by molar-refractivity contribution is 0.0963. The summed E-state index contributed by atoms with van der Waals surface area (Å²) in [5, 5.41) is 6.72. The van der Waals surface area contributed by atoms with Crippen molar-refractivity contribution in [2.45, 2.75) is 32.4 Å². The Hall–Kier alpha value is -2.30. The van der Waals surface area contributed by atoms with Crippen LogP contribution in [0, 0.1) is 0 Å². The summed E-state index contributed by atoms with van der Waals surface area (Å²) >= 11 is 0. The predicted molar refractivity (Wildman–Crippen MR) is 124 cm³/mol. The molecule has 1 aromatic carbocycles. The molecule has 8 nitrogen and oxygen atoms in total. The van der Waals surface area contributed by atoms with Crippen LogP contribution in [0.15, 0.2) is 41.5 Å². The second-order valence-electron chi connectivity index (χ2n) is 6.64. The number of H-pyrrole nitrogens is 1. The Bertz CT molecular complexity index is 787. The number of halogens is 1. The second kappa shape index (κ2) is 11.6. The topological polar surface area (TPSA) is 94.6 Å². The molecule has 0 aliphatic carbocycles. The molecule has 0 spiro atoms. The van der Waals surface area contributed by atoms with Gasteiger partial charge < -0.3 is 25.3 Å². The van der Waals surface area contributed by atoms with Gasteiger partial charge in [0.05, 0.1) is 25.0 Å². The molecule has 29 heavy (non-hydrogen) atoms. The molecule has 1 aromatic heterocycles. The standard InChI is InChI=1S/C20H28N6O2.HI/c1-3-28-20(27)26-11-9-16(10-12-26)24-19(21-2)23-14-18-22-13-17(25-18)15-7-5-4-6-8-15;/h4-8,13,16H,3,9-12,14H2,1-2H3,(H,22,25)(H2,21,23,24);1H. The van der Waals surface area contributed by atoms with Gasteiger partial charge in [0.2, 0.25) is 0 Å². The number of ether oxygens (including phenoxy) is 1. The van der Waals surface area contributed by atoms with Crippen molar-refractivity contribution in [3.8, 4) is 11.3 Å². The number of amides is 1. The fourth-order valence-electron chi connectivity index (χ4n) is 3.19. The van der Waals surface area contributed by atoms with Crippen LogP contribution in [0.1, 0.15) is 25.6 Å². The molecular formula is C20H29IN6O2. The van der Waals surface area contributed by atoms with Crippen LogP contribution in [0.25, 0.3) is 11.3 Å². The Kier molecular flexibility index (Phi) is 9.23. The number of nitrogens with one attached hydrogen (secondary N) is 3. The van der Waals surface area contributed by atoms with Crippen molar-refractivity contribution >= 4 is 36.0 Å². The summed E-state index contributed by atoms with van der Waals surface area (Å²) < 4.78 is 5.06. The Morgan fingerprint density at radius 1 is 1.31 bits per heavy atom. The van der Waals surface area contributed by atoms with E-state index < -0.39 is 0 Å². The molecule has 0 radical (unpaired) electrons. The summed E-state index contributed by atoms with van der Waals surface area (Å²) in [5.41, 5.74) is 2.10.